The lowest BCUT2D eigenvalue weighted by Crippen LogP contribution is -2.19. The van der Waals surface area contributed by atoms with Crippen molar-refractivity contribution in [2.24, 2.45) is 0 Å². The molecule has 0 aliphatic rings. The molecule has 0 spiro atoms. The van der Waals surface area contributed by atoms with E-state index >= 15 is 0 Å². The summed E-state index contributed by atoms with van der Waals surface area (Å²) in [4.78, 5) is 14.2. The Kier molecular flexibility index (Phi) is 2.97. The largest absolute Gasteiger partial charge is 0.479 e. The fourth-order valence-electron chi connectivity index (χ4n) is 0.666. The summed E-state index contributed by atoms with van der Waals surface area (Å²) in [5, 5.41) is 12.0. The van der Waals surface area contributed by atoms with Gasteiger partial charge >= 0.3 is 5.97 Å². The molecule has 72 valence electrons. The number of carboxylic acids is 1. The Morgan fingerprint density at radius 3 is 2.92 bits per heavy atom. The molecule has 1 atom stereocenters. The second kappa shape index (κ2) is 3.99. The quantitative estimate of drug-likeness (QED) is 0.731. The van der Waals surface area contributed by atoms with Gasteiger partial charge in [0.1, 0.15) is 6.61 Å². The standard InChI is InChI=1S/C7H10N2O4/c1-4(7(10)11)12-3-6-8-5(2)9-13-6/h4H,3H2,1-2H3,(H,10,11)/t4-/m1/s1. The molecule has 1 aromatic rings. The normalized spacial score (nSPS) is 12.8. The van der Waals surface area contributed by atoms with Crippen molar-refractivity contribution in [3.8, 4) is 0 Å². The van der Waals surface area contributed by atoms with Crippen LogP contribution < -0.4 is 0 Å². The predicted octanol–water partition coefficient (Wildman–Crippen LogP) is 0.368. The van der Waals surface area contributed by atoms with Crippen molar-refractivity contribution in [2.75, 3.05) is 0 Å². The maximum Gasteiger partial charge on any atom is 0.332 e. The zero-order valence-corrected chi connectivity index (χ0v) is 7.35. The average Bonchev–Trinajstić information content (AvgIpc) is 2.47. The van der Waals surface area contributed by atoms with Gasteiger partial charge in [-0.25, -0.2) is 4.79 Å². The third kappa shape index (κ3) is 2.83. The van der Waals surface area contributed by atoms with Crippen molar-refractivity contribution in [2.45, 2.75) is 26.6 Å². The lowest BCUT2D eigenvalue weighted by molar-refractivity contribution is -0.150. The van der Waals surface area contributed by atoms with Crippen LogP contribution >= 0.6 is 0 Å². The second-order valence-corrected chi connectivity index (χ2v) is 2.53. The van der Waals surface area contributed by atoms with E-state index in [-0.39, 0.29) is 12.5 Å². The van der Waals surface area contributed by atoms with Crippen LogP contribution in [0.5, 0.6) is 0 Å². The van der Waals surface area contributed by atoms with Crippen LogP contribution in [-0.4, -0.2) is 27.3 Å². The Morgan fingerprint density at radius 2 is 2.46 bits per heavy atom. The van der Waals surface area contributed by atoms with Crippen LogP contribution in [0.2, 0.25) is 0 Å². The highest BCUT2D eigenvalue weighted by molar-refractivity contribution is 5.71. The minimum absolute atomic E-state index is 0.0221. The smallest absolute Gasteiger partial charge is 0.332 e. The van der Waals surface area contributed by atoms with Gasteiger partial charge in [-0.05, 0) is 13.8 Å². The first kappa shape index (κ1) is 9.66. The molecule has 0 saturated heterocycles. The molecule has 6 nitrogen and oxygen atoms in total. The monoisotopic (exact) mass is 186 g/mol. The molecule has 0 amide bonds. The van der Waals surface area contributed by atoms with Crippen molar-refractivity contribution < 1.29 is 19.2 Å². The molecule has 0 radical (unpaired) electrons. The summed E-state index contributed by atoms with van der Waals surface area (Å²) in [5.74, 6) is -0.233. The topological polar surface area (TPSA) is 85.5 Å². The lowest BCUT2D eigenvalue weighted by atomic mass is 10.4. The van der Waals surface area contributed by atoms with Crippen LogP contribution in [0, 0.1) is 6.92 Å². The number of hydrogen-bond donors (Lipinski definition) is 1. The van der Waals surface area contributed by atoms with Crippen LogP contribution in [0.4, 0.5) is 0 Å². The molecule has 0 bridgehead atoms. The van der Waals surface area contributed by atoms with Crippen molar-refractivity contribution in [1.29, 1.82) is 0 Å². The summed E-state index contributed by atoms with van der Waals surface area (Å²) in [6.07, 6.45) is -0.868. The molecular weight excluding hydrogens is 176 g/mol. The fraction of sp³-hybridized carbons (Fsp3) is 0.571. The van der Waals surface area contributed by atoms with Crippen LogP contribution in [-0.2, 0) is 16.1 Å². The number of nitrogens with zero attached hydrogens (tertiary/aromatic N) is 2. The van der Waals surface area contributed by atoms with Gasteiger partial charge in [-0.3, -0.25) is 0 Å². The minimum Gasteiger partial charge on any atom is -0.479 e. The van der Waals surface area contributed by atoms with E-state index in [1.54, 1.807) is 6.92 Å². The molecule has 13 heavy (non-hydrogen) atoms. The summed E-state index contributed by atoms with van der Waals surface area (Å²) in [5.41, 5.74) is 0. The van der Waals surface area contributed by atoms with Crippen molar-refractivity contribution >= 4 is 5.97 Å². The SMILES string of the molecule is Cc1noc(CO[C@H](C)C(=O)O)n1. The van der Waals surface area contributed by atoms with Gasteiger partial charge in [-0.1, -0.05) is 5.16 Å². The third-order valence-electron chi connectivity index (χ3n) is 1.37. The van der Waals surface area contributed by atoms with Crippen LogP contribution in [0.1, 0.15) is 18.6 Å². The van der Waals surface area contributed by atoms with E-state index in [1.807, 2.05) is 0 Å². The van der Waals surface area contributed by atoms with Gasteiger partial charge in [0, 0.05) is 0 Å². The molecule has 1 N–H and O–H groups in total. The number of hydrogen-bond acceptors (Lipinski definition) is 5. The van der Waals surface area contributed by atoms with Gasteiger partial charge in [0.2, 0.25) is 0 Å². The molecule has 1 aromatic heterocycles. The number of carbonyl (C=O) groups is 1. The van der Waals surface area contributed by atoms with E-state index in [2.05, 4.69) is 10.1 Å². The number of ether oxygens (including phenoxy) is 1. The predicted molar refractivity (Wildman–Crippen MR) is 40.9 cm³/mol. The first-order valence-electron chi connectivity index (χ1n) is 3.73. The summed E-state index contributed by atoms with van der Waals surface area (Å²) >= 11 is 0. The van der Waals surface area contributed by atoms with E-state index in [9.17, 15) is 4.79 Å². The number of carboxylic acid groups (broad SMARTS) is 1. The Balaban J connectivity index is 2.39. The fourth-order valence-corrected chi connectivity index (χ4v) is 0.666. The van der Waals surface area contributed by atoms with Gasteiger partial charge in [0.25, 0.3) is 5.89 Å². The molecule has 0 saturated carbocycles. The van der Waals surface area contributed by atoms with Crippen molar-refractivity contribution in [3.05, 3.63) is 11.7 Å². The molecular formula is C7H10N2O4. The first-order chi connectivity index (χ1) is 6.09. The molecule has 0 aliphatic heterocycles. The lowest BCUT2D eigenvalue weighted by Gasteiger charge is -2.04. The molecule has 0 aromatic carbocycles. The Bertz CT molecular complexity index is 296. The highest BCUT2D eigenvalue weighted by Crippen LogP contribution is 2.00. The summed E-state index contributed by atoms with van der Waals surface area (Å²) in [7, 11) is 0. The van der Waals surface area contributed by atoms with Gasteiger partial charge in [-0.15, -0.1) is 0 Å². The van der Waals surface area contributed by atoms with E-state index in [0.29, 0.717) is 5.82 Å². The summed E-state index contributed by atoms with van der Waals surface area (Å²) in [6.45, 7) is 3.13. The van der Waals surface area contributed by atoms with Gasteiger partial charge in [0.05, 0.1) is 0 Å². The van der Waals surface area contributed by atoms with Gasteiger partial charge in [0.15, 0.2) is 11.9 Å². The van der Waals surface area contributed by atoms with E-state index in [0.717, 1.165) is 0 Å². The summed E-state index contributed by atoms with van der Waals surface area (Å²) in [6, 6.07) is 0. The van der Waals surface area contributed by atoms with E-state index in [4.69, 9.17) is 14.4 Å². The summed E-state index contributed by atoms with van der Waals surface area (Å²) < 4.78 is 9.62. The highest BCUT2D eigenvalue weighted by Gasteiger charge is 2.12. The number of aryl methyl sites for hydroxylation is 1. The Hall–Kier alpha value is -1.43. The van der Waals surface area contributed by atoms with Crippen LogP contribution in [0.3, 0.4) is 0 Å². The zero-order chi connectivity index (χ0) is 9.84. The highest BCUT2D eigenvalue weighted by atomic mass is 16.5. The first-order valence-corrected chi connectivity index (χ1v) is 3.73. The molecule has 0 aliphatic carbocycles. The zero-order valence-electron chi connectivity index (χ0n) is 7.35. The van der Waals surface area contributed by atoms with Gasteiger partial charge < -0.3 is 14.4 Å². The van der Waals surface area contributed by atoms with Crippen LogP contribution in [0.25, 0.3) is 0 Å². The van der Waals surface area contributed by atoms with E-state index < -0.39 is 12.1 Å². The molecule has 0 unspecified atom stereocenters. The maximum absolute atomic E-state index is 10.3. The Morgan fingerprint density at radius 1 is 1.77 bits per heavy atom. The van der Waals surface area contributed by atoms with E-state index in [1.165, 1.54) is 6.92 Å². The molecule has 6 heteroatoms. The maximum atomic E-state index is 10.3. The molecule has 1 heterocycles. The Labute approximate surface area is 74.5 Å². The minimum atomic E-state index is -1.02. The number of aromatic nitrogens is 2. The van der Waals surface area contributed by atoms with Crippen molar-refractivity contribution in [3.63, 3.8) is 0 Å². The second-order valence-electron chi connectivity index (χ2n) is 2.53. The average molecular weight is 186 g/mol. The third-order valence-corrected chi connectivity index (χ3v) is 1.37. The molecule has 0 fully saturated rings. The van der Waals surface area contributed by atoms with Crippen molar-refractivity contribution in [1.82, 2.24) is 10.1 Å². The molecule has 1 rings (SSSR count). The van der Waals surface area contributed by atoms with Gasteiger partial charge in [-0.2, -0.15) is 4.98 Å². The number of aliphatic carboxylic acids is 1. The van der Waals surface area contributed by atoms with Crippen LogP contribution in [0.15, 0.2) is 4.52 Å². The number of rotatable bonds is 4.